The van der Waals surface area contributed by atoms with Crippen LogP contribution in [0.2, 0.25) is 0 Å². The largest absolute Gasteiger partial charge is 0.493 e. The van der Waals surface area contributed by atoms with Gasteiger partial charge in [0.1, 0.15) is 0 Å². The van der Waals surface area contributed by atoms with Crippen LogP contribution in [0.25, 0.3) is 22.0 Å². The number of hydrogen-bond donors (Lipinski definition) is 3. The molecule has 0 aliphatic heterocycles. The monoisotopic (exact) mass is 479 g/mol. The van der Waals surface area contributed by atoms with Crippen LogP contribution in [0.1, 0.15) is 11.1 Å². The summed E-state index contributed by atoms with van der Waals surface area (Å²) in [6.45, 7) is -0.299. The molecule has 2 aromatic carbocycles. The Kier molecular flexibility index (Phi) is 7.52. The number of methoxy groups -OCH3 is 2. The van der Waals surface area contributed by atoms with E-state index in [1.54, 1.807) is 0 Å². The number of rotatable bonds is 6. The zero-order valence-corrected chi connectivity index (χ0v) is 17.8. The van der Waals surface area contributed by atoms with Gasteiger partial charge in [-0.3, -0.25) is 4.79 Å². The van der Waals surface area contributed by atoms with Gasteiger partial charge in [0.2, 0.25) is 10.9 Å². The Bertz CT molecular complexity index is 1240. The molecule has 3 aromatic rings. The molecule has 1 heterocycles. The van der Waals surface area contributed by atoms with E-state index in [-0.39, 0.29) is 58.0 Å². The van der Waals surface area contributed by atoms with Crippen molar-refractivity contribution in [1.82, 2.24) is 14.9 Å². The number of fused-ring (bicyclic) bond motifs is 1. The van der Waals surface area contributed by atoms with Crippen LogP contribution in [0.3, 0.4) is 0 Å². The molecule has 3 rings (SSSR count). The SMILES string of the molecule is COc1cc2c(-c3ccc(CN[SH](=O)=O)cc3C(F)(F)F)n[nH]c(=O)c2cc1OC.Cl. The third-order valence-electron chi connectivity index (χ3n) is 4.35. The number of aromatic amines is 1. The number of benzene rings is 2. The summed E-state index contributed by atoms with van der Waals surface area (Å²) in [5, 5.41) is 6.25. The number of H-pyrrole nitrogens is 1. The highest BCUT2D eigenvalue weighted by Gasteiger charge is 2.35. The highest BCUT2D eigenvalue weighted by atomic mass is 35.5. The van der Waals surface area contributed by atoms with Gasteiger partial charge in [0.05, 0.1) is 30.9 Å². The normalized spacial score (nSPS) is 11.4. The number of halogens is 4. The lowest BCUT2D eigenvalue weighted by atomic mass is 9.97. The van der Waals surface area contributed by atoms with Gasteiger partial charge < -0.3 is 9.47 Å². The molecule has 168 valence electrons. The minimum absolute atomic E-state index is 0. The predicted molar refractivity (Wildman–Crippen MR) is 110 cm³/mol. The van der Waals surface area contributed by atoms with Gasteiger partial charge in [-0.25, -0.2) is 18.2 Å². The fourth-order valence-corrected chi connectivity index (χ4v) is 3.31. The number of ether oxygens (including phenoxy) is 2. The number of nitrogens with one attached hydrogen (secondary N) is 2. The van der Waals surface area contributed by atoms with E-state index in [2.05, 4.69) is 14.9 Å². The molecule has 0 saturated heterocycles. The molecule has 31 heavy (non-hydrogen) atoms. The van der Waals surface area contributed by atoms with Gasteiger partial charge in [0.25, 0.3) is 5.56 Å². The highest BCUT2D eigenvalue weighted by molar-refractivity contribution is 7.70. The topological polar surface area (TPSA) is 110 Å². The lowest BCUT2D eigenvalue weighted by molar-refractivity contribution is -0.137. The van der Waals surface area contributed by atoms with Crippen LogP contribution in [-0.2, 0) is 23.6 Å². The van der Waals surface area contributed by atoms with E-state index in [4.69, 9.17) is 9.47 Å². The minimum atomic E-state index is -4.76. The van der Waals surface area contributed by atoms with Gasteiger partial charge in [-0.2, -0.15) is 18.3 Å². The average molecular weight is 480 g/mol. The summed E-state index contributed by atoms with van der Waals surface area (Å²) in [5.41, 5.74) is -1.93. The Hall–Kier alpha value is -2.83. The number of thiol groups is 1. The molecule has 0 saturated carbocycles. The maximum absolute atomic E-state index is 13.8. The van der Waals surface area contributed by atoms with E-state index in [0.29, 0.717) is 0 Å². The molecule has 0 amide bonds. The molecule has 0 spiro atoms. The third kappa shape index (κ3) is 5.09. The van der Waals surface area contributed by atoms with Crippen LogP contribution < -0.4 is 19.8 Å². The van der Waals surface area contributed by atoms with Crippen LogP contribution in [-0.4, -0.2) is 32.8 Å². The van der Waals surface area contributed by atoms with Crippen LogP contribution >= 0.6 is 12.4 Å². The van der Waals surface area contributed by atoms with Crippen molar-refractivity contribution in [3.8, 4) is 22.8 Å². The molecular weight excluding hydrogens is 463 g/mol. The molecule has 8 nitrogen and oxygen atoms in total. The predicted octanol–water partition coefficient (Wildman–Crippen LogP) is 2.66. The first kappa shape index (κ1) is 24.4. The molecule has 0 fully saturated rings. The fourth-order valence-electron chi connectivity index (χ4n) is 2.99. The van der Waals surface area contributed by atoms with Gasteiger partial charge in [-0.05, 0) is 23.8 Å². The maximum Gasteiger partial charge on any atom is 0.417 e. The molecule has 0 aliphatic rings. The standard InChI is InChI=1S/C18H16F3N3O5S.ClH/c1-28-14-6-11-12(7-15(14)29-2)17(25)24-23-16(11)10-4-3-9(8-22-30(26)27)5-13(10)18(19,20)21;/h3-7,30H,8H2,1-2H3,(H,24,25)(H,22,26,27);1H. The van der Waals surface area contributed by atoms with Gasteiger partial charge in [-0.15, -0.1) is 12.4 Å². The van der Waals surface area contributed by atoms with Crippen molar-refractivity contribution in [2.24, 2.45) is 0 Å². The molecule has 0 bridgehead atoms. The molecule has 0 radical (unpaired) electrons. The second-order valence-electron chi connectivity index (χ2n) is 6.12. The first-order chi connectivity index (χ1) is 14.2. The Morgan fingerprint density at radius 2 is 1.68 bits per heavy atom. The van der Waals surface area contributed by atoms with Gasteiger partial charge >= 0.3 is 6.18 Å². The smallest absolute Gasteiger partial charge is 0.417 e. The van der Waals surface area contributed by atoms with Gasteiger partial charge in [-0.1, -0.05) is 12.1 Å². The maximum atomic E-state index is 13.8. The molecule has 2 N–H and O–H groups in total. The summed E-state index contributed by atoms with van der Waals surface area (Å²) in [5.74, 6) is 0.448. The van der Waals surface area contributed by atoms with Crippen molar-refractivity contribution in [2.45, 2.75) is 12.7 Å². The van der Waals surface area contributed by atoms with Crippen LogP contribution in [0.15, 0.2) is 35.1 Å². The van der Waals surface area contributed by atoms with Crippen LogP contribution in [0, 0.1) is 0 Å². The first-order valence-corrected chi connectivity index (χ1v) is 9.56. The van der Waals surface area contributed by atoms with Crippen LogP contribution in [0.4, 0.5) is 13.2 Å². The van der Waals surface area contributed by atoms with Crippen molar-refractivity contribution in [1.29, 1.82) is 0 Å². The molecule has 1 aromatic heterocycles. The molecule has 0 unspecified atom stereocenters. The number of aromatic nitrogens is 2. The zero-order valence-electron chi connectivity index (χ0n) is 16.1. The minimum Gasteiger partial charge on any atom is -0.493 e. The summed E-state index contributed by atoms with van der Waals surface area (Å²) in [6.07, 6.45) is -4.76. The Balaban J connectivity index is 0.00000341. The van der Waals surface area contributed by atoms with Gasteiger partial charge in [0.15, 0.2) is 11.5 Å². The summed E-state index contributed by atoms with van der Waals surface area (Å²) in [7, 11) is -0.240. The van der Waals surface area contributed by atoms with E-state index < -0.39 is 28.2 Å². The Labute approximate surface area is 181 Å². The summed E-state index contributed by atoms with van der Waals surface area (Å²) in [4.78, 5) is 12.2. The third-order valence-corrected chi connectivity index (χ3v) is 4.77. The molecule has 0 aliphatic carbocycles. The Morgan fingerprint density at radius 3 is 2.23 bits per heavy atom. The quantitative estimate of drug-likeness (QED) is 0.469. The zero-order chi connectivity index (χ0) is 22.1. The average Bonchev–Trinajstić information content (AvgIpc) is 2.71. The lowest BCUT2D eigenvalue weighted by Crippen LogP contribution is -2.14. The number of nitrogens with zero attached hydrogens (tertiary/aromatic N) is 1. The lowest BCUT2D eigenvalue weighted by Gasteiger charge is -2.16. The van der Waals surface area contributed by atoms with Crippen molar-refractivity contribution in [3.63, 3.8) is 0 Å². The van der Waals surface area contributed by atoms with Crippen molar-refractivity contribution in [3.05, 3.63) is 51.8 Å². The van der Waals surface area contributed by atoms with Crippen molar-refractivity contribution in [2.75, 3.05) is 14.2 Å². The summed E-state index contributed by atoms with van der Waals surface area (Å²) in [6, 6.07) is 6.09. The first-order valence-electron chi connectivity index (χ1n) is 8.38. The van der Waals surface area contributed by atoms with E-state index in [1.807, 2.05) is 0 Å². The number of alkyl halides is 3. The second-order valence-corrected chi connectivity index (χ2v) is 6.95. The van der Waals surface area contributed by atoms with E-state index in [0.717, 1.165) is 6.07 Å². The van der Waals surface area contributed by atoms with E-state index in [9.17, 15) is 26.4 Å². The second kappa shape index (κ2) is 9.54. The Morgan fingerprint density at radius 1 is 1.06 bits per heavy atom. The van der Waals surface area contributed by atoms with Gasteiger partial charge in [0, 0.05) is 17.5 Å². The van der Waals surface area contributed by atoms with Crippen molar-refractivity contribution < 1.29 is 31.1 Å². The molecule has 0 atom stereocenters. The fraction of sp³-hybridized carbons (Fsp3) is 0.222. The summed E-state index contributed by atoms with van der Waals surface area (Å²) < 4.78 is 75.1. The van der Waals surface area contributed by atoms with Crippen LogP contribution in [0.5, 0.6) is 11.5 Å². The summed E-state index contributed by atoms with van der Waals surface area (Å²) >= 11 is 0. The van der Waals surface area contributed by atoms with E-state index >= 15 is 0 Å². The number of hydrogen-bond acceptors (Lipinski definition) is 6. The van der Waals surface area contributed by atoms with E-state index in [1.165, 1.54) is 38.5 Å². The highest BCUT2D eigenvalue weighted by Crippen LogP contribution is 2.40. The molecule has 13 heteroatoms. The molecular formula is C18H17ClF3N3O5S. The van der Waals surface area contributed by atoms with Crippen molar-refractivity contribution >= 4 is 34.1 Å².